The van der Waals surface area contributed by atoms with Gasteiger partial charge in [0.25, 0.3) is 0 Å². The Kier molecular flexibility index (Phi) is 7.23. The van der Waals surface area contributed by atoms with Crippen molar-refractivity contribution in [2.75, 3.05) is 0 Å². The van der Waals surface area contributed by atoms with Gasteiger partial charge in [-0.1, -0.05) is 19.8 Å². The predicted octanol–water partition coefficient (Wildman–Crippen LogP) is 2.86. The number of hydrogen-bond donors (Lipinski definition) is 0. The third kappa shape index (κ3) is 6.94. The molecule has 0 radical (unpaired) electrons. The first-order chi connectivity index (χ1) is 6.39. The van der Waals surface area contributed by atoms with Crippen LogP contribution in [0.15, 0.2) is 0 Å². The minimum Gasteiger partial charge on any atom is -0.439 e. The average Bonchev–Trinajstić information content (AvgIpc) is 1.97. The number of rotatable bonds is 7. The zero-order valence-corrected chi connectivity index (χ0v) is 13.9. The van der Waals surface area contributed by atoms with Gasteiger partial charge in [-0.05, 0) is 38.8 Å². The Bertz CT molecular complexity index is 141. The second-order valence-electron chi connectivity index (χ2n) is 4.57. The highest BCUT2D eigenvalue weighted by atomic mass is 28.5. The molecule has 0 aliphatic rings. The van der Waals surface area contributed by atoms with Crippen LogP contribution in [0.1, 0.15) is 19.8 Å². The monoisotopic (exact) mass is 250 g/mol. The van der Waals surface area contributed by atoms with Crippen LogP contribution >= 0.6 is 0 Å². The van der Waals surface area contributed by atoms with Gasteiger partial charge in [0, 0.05) is 0 Å². The molecule has 0 saturated heterocycles. The van der Waals surface area contributed by atoms with E-state index in [0.29, 0.717) is 0 Å². The first kappa shape index (κ1) is 14.6. The summed E-state index contributed by atoms with van der Waals surface area (Å²) in [4.78, 5) is 0. The van der Waals surface area contributed by atoms with Crippen LogP contribution < -0.4 is 0 Å². The van der Waals surface area contributed by atoms with E-state index in [1.807, 2.05) is 0 Å². The van der Waals surface area contributed by atoms with Crippen molar-refractivity contribution in [2.24, 2.45) is 0 Å². The largest absolute Gasteiger partial charge is 0.439 e. The first-order valence-electron chi connectivity index (χ1n) is 5.75. The third-order valence-electron chi connectivity index (χ3n) is 1.95. The van der Waals surface area contributed by atoms with Gasteiger partial charge in [-0.25, -0.2) is 0 Å². The van der Waals surface area contributed by atoms with Gasteiger partial charge in [-0.15, -0.1) is 0 Å². The van der Waals surface area contributed by atoms with Crippen LogP contribution in [-0.2, 0) is 8.23 Å². The van der Waals surface area contributed by atoms with E-state index in [1.165, 1.54) is 18.9 Å². The van der Waals surface area contributed by atoms with Crippen molar-refractivity contribution >= 4 is 26.6 Å². The van der Waals surface area contributed by atoms with Gasteiger partial charge in [0.1, 0.15) is 0 Å². The maximum atomic E-state index is 6.14. The molecule has 0 amide bonds. The minimum atomic E-state index is -1.77. The second kappa shape index (κ2) is 6.95. The standard InChI is InChI=1S/C9H26O2Si3/c1-7-8-9-14(6,10-12(2)3)11-13(4)5/h12-13H,7-9H2,1-6H3. The quantitative estimate of drug-likeness (QED) is 0.647. The second-order valence-corrected chi connectivity index (χ2v) is 13.4. The van der Waals surface area contributed by atoms with Gasteiger partial charge in [-0.2, -0.15) is 0 Å². The van der Waals surface area contributed by atoms with Crippen molar-refractivity contribution in [1.29, 1.82) is 0 Å². The highest BCUT2D eigenvalue weighted by molar-refractivity contribution is 6.79. The molecule has 0 spiro atoms. The first-order valence-corrected chi connectivity index (χ1v) is 13.8. The van der Waals surface area contributed by atoms with Crippen LogP contribution in [0.4, 0.5) is 0 Å². The summed E-state index contributed by atoms with van der Waals surface area (Å²) in [6.07, 6.45) is 2.50. The molecule has 0 aromatic rings. The van der Waals surface area contributed by atoms with Crippen LogP contribution in [0.2, 0.25) is 38.8 Å². The van der Waals surface area contributed by atoms with Crippen LogP contribution in [0.25, 0.3) is 0 Å². The van der Waals surface area contributed by atoms with Crippen molar-refractivity contribution in [3.8, 4) is 0 Å². The van der Waals surface area contributed by atoms with Crippen LogP contribution in [0, 0.1) is 0 Å². The predicted molar refractivity (Wildman–Crippen MR) is 71.3 cm³/mol. The SMILES string of the molecule is CCCC[Si](C)(O[SiH](C)C)O[SiH](C)C. The number of unbranched alkanes of at least 4 members (excludes halogenated alkanes) is 1. The fourth-order valence-corrected chi connectivity index (χ4v) is 12.3. The van der Waals surface area contributed by atoms with Crippen LogP contribution in [0.5, 0.6) is 0 Å². The lowest BCUT2D eigenvalue weighted by molar-refractivity contribution is 0.399. The molecule has 14 heavy (non-hydrogen) atoms. The Morgan fingerprint density at radius 1 is 1.00 bits per heavy atom. The average molecular weight is 251 g/mol. The lowest BCUT2D eigenvalue weighted by Crippen LogP contribution is -2.45. The van der Waals surface area contributed by atoms with Crippen molar-refractivity contribution < 1.29 is 8.23 Å². The molecule has 0 fully saturated rings. The van der Waals surface area contributed by atoms with E-state index >= 15 is 0 Å². The van der Waals surface area contributed by atoms with E-state index in [4.69, 9.17) is 8.23 Å². The molecule has 0 aromatic heterocycles. The maximum absolute atomic E-state index is 6.14. The summed E-state index contributed by atoms with van der Waals surface area (Å²) in [6, 6.07) is 1.18. The van der Waals surface area contributed by atoms with Gasteiger partial charge >= 0.3 is 8.56 Å². The molecule has 5 heteroatoms. The van der Waals surface area contributed by atoms with Crippen molar-refractivity contribution in [3.63, 3.8) is 0 Å². The van der Waals surface area contributed by atoms with E-state index in [0.717, 1.165) is 0 Å². The van der Waals surface area contributed by atoms with Crippen molar-refractivity contribution in [1.82, 2.24) is 0 Å². The molecule has 0 heterocycles. The van der Waals surface area contributed by atoms with Crippen LogP contribution in [0.3, 0.4) is 0 Å². The Hall–Kier alpha value is 0.571. The summed E-state index contributed by atoms with van der Waals surface area (Å²) in [6.45, 7) is 13.4. The topological polar surface area (TPSA) is 18.5 Å². The lowest BCUT2D eigenvalue weighted by Gasteiger charge is -2.31. The molecule has 0 aliphatic carbocycles. The van der Waals surface area contributed by atoms with E-state index in [2.05, 4.69) is 39.7 Å². The highest BCUT2D eigenvalue weighted by Crippen LogP contribution is 2.19. The highest BCUT2D eigenvalue weighted by Gasteiger charge is 2.32. The number of hydrogen-bond acceptors (Lipinski definition) is 2. The zero-order chi connectivity index (χ0) is 11.2. The molecule has 0 saturated carbocycles. The molecule has 0 unspecified atom stereocenters. The van der Waals surface area contributed by atoms with E-state index in [-0.39, 0.29) is 0 Å². The zero-order valence-electron chi connectivity index (χ0n) is 10.6. The molecular formula is C9H26O2Si3. The molecule has 0 atom stereocenters. The molecule has 0 bridgehead atoms. The maximum Gasteiger partial charge on any atom is 0.313 e. The summed E-state index contributed by atoms with van der Waals surface area (Å²) < 4.78 is 12.3. The summed E-state index contributed by atoms with van der Waals surface area (Å²) in [7, 11) is -3.65. The molecule has 86 valence electrons. The Labute approximate surface area is 93.7 Å². The molecule has 0 aromatic carbocycles. The fourth-order valence-electron chi connectivity index (χ4n) is 1.64. The molecule has 2 nitrogen and oxygen atoms in total. The normalized spacial score (nSPS) is 12.9. The van der Waals surface area contributed by atoms with Gasteiger partial charge < -0.3 is 8.23 Å². The Balaban J connectivity index is 4.17. The van der Waals surface area contributed by atoms with Gasteiger partial charge in [0.15, 0.2) is 18.1 Å². The Morgan fingerprint density at radius 3 is 1.71 bits per heavy atom. The summed E-state index contributed by atoms with van der Waals surface area (Å²) in [5.41, 5.74) is 0. The van der Waals surface area contributed by atoms with Crippen molar-refractivity contribution in [2.45, 2.75) is 58.5 Å². The molecular weight excluding hydrogens is 224 g/mol. The lowest BCUT2D eigenvalue weighted by atomic mass is 10.4. The molecule has 0 N–H and O–H groups in total. The summed E-state index contributed by atoms with van der Waals surface area (Å²) in [5.74, 6) is 0. The third-order valence-corrected chi connectivity index (χ3v) is 11.0. The molecule has 0 rings (SSSR count). The molecule has 0 aliphatic heterocycles. The van der Waals surface area contributed by atoms with E-state index in [1.54, 1.807) is 0 Å². The summed E-state index contributed by atoms with van der Waals surface area (Å²) >= 11 is 0. The van der Waals surface area contributed by atoms with Crippen molar-refractivity contribution in [3.05, 3.63) is 0 Å². The van der Waals surface area contributed by atoms with Gasteiger partial charge in [0.2, 0.25) is 0 Å². The van der Waals surface area contributed by atoms with E-state index in [9.17, 15) is 0 Å². The van der Waals surface area contributed by atoms with Crippen LogP contribution in [-0.4, -0.2) is 26.6 Å². The smallest absolute Gasteiger partial charge is 0.313 e. The van der Waals surface area contributed by atoms with E-state index < -0.39 is 26.6 Å². The Morgan fingerprint density at radius 2 is 1.43 bits per heavy atom. The summed E-state index contributed by atoms with van der Waals surface area (Å²) in [5, 5.41) is 0. The fraction of sp³-hybridized carbons (Fsp3) is 1.00. The minimum absolute atomic E-state index is 0.938. The van der Waals surface area contributed by atoms with Gasteiger partial charge in [-0.3, -0.25) is 0 Å². The van der Waals surface area contributed by atoms with Gasteiger partial charge in [0.05, 0.1) is 0 Å².